The van der Waals surface area contributed by atoms with E-state index < -0.39 is 6.29 Å². The predicted octanol–water partition coefficient (Wildman–Crippen LogP) is 4.87. The van der Waals surface area contributed by atoms with Crippen LogP contribution in [0.4, 0.5) is 0 Å². The third kappa shape index (κ3) is 9.62. The minimum Gasteiger partial charge on any atom is -0.392 e. The number of aliphatic hydroxyl groups excluding tert-OH is 1. The Hall–Kier alpha value is -3.31. The summed E-state index contributed by atoms with van der Waals surface area (Å²) in [5.74, 6) is 0.732. The number of nitrogens with zero attached hydrogens (tertiary/aromatic N) is 2. The number of ether oxygens (including phenoxy) is 2. The van der Waals surface area contributed by atoms with E-state index >= 15 is 0 Å². The fourth-order valence-corrected chi connectivity index (χ4v) is 5.73. The average Bonchev–Trinajstić information content (AvgIpc) is 3.02. The second-order valence-corrected chi connectivity index (χ2v) is 11.5. The number of benzene rings is 2. The molecule has 0 spiro atoms. The van der Waals surface area contributed by atoms with Crippen LogP contribution in [0.3, 0.4) is 0 Å². The van der Waals surface area contributed by atoms with Gasteiger partial charge in [0.1, 0.15) is 0 Å². The molecule has 1 fully saturated rings. The summed E-state index contributed by atoms with van der Waals surface area (Å²) in [6.07, 6.45) is 5.61. The fraction of sp³-hybridized carbons (Fsp3) is 0.438. The lowest BCUT2D eigenvalue weighted by Crippen LogP contribution is -2.38. The first-order chi connectivity index (χ1) is 20.4. The van der Waals surface area contributed by atoms with Gasteiger partial charge >= 0.3 is 0 Å². The molecule has 1 saturated heterocycles. The number of hydrogen-bond donors (Lipinski definition) is 3. The van der Waals surface area contributed by atoms with E-state index in [1.807, 2.05) is 48.5 Å². The van der Waals surface area contributed by atoms with Gasteiger partial charge in [0.2, 0.25) is 11.8 Å². The summed E-state index contributed by atoms with van der Waals surface area (Å²) >= 11 is 1.56. The summed E-state index contributed by atoms with van der Waals surface area (Å²) in [6, 6.07) is 17.6. The number of hydrogen-bond acceptors (Lipinski definition) is 8. The van der Waals surface area contributed by atoms with Crippen LogP contribution in [0.1, 0.15) is 74.2 Å². The Labute approximate surface area is 251 Å². The van der Waals surface area contributed by atoms with E-state index in [0.29, 0.717) is 30.4 Å². The zero-order chi connectivity index (χ0) is 29.7. The molecule has 0 aliphatic carbocycles. The summed E-state index contributed by atoms with van der Waals surface area (Å²) in [4.78, 5) is 31.8. The molecule has 2 heterocycles. The van der Waals surface area contributed by atoms with E-state index in [9.17, 15) is 14.7 Å². The van der Waals surface area contributed by atoms with Gasteiger partial charge in [-0.2, -0.15) is 0 Å². The van der Waals surface area contributed by atoms with Crippen LogP contribution in [0.15, 0.2) is 72.1 Å². The Kier molecular flexibility index (Phi) is 12.3. The second-order valence-electron chi connectivity index (χ2n) is 10.5. The Morgan fingerprint density at radius 3 is 2.29 bits per heavy atom. The van der Waals surface area contributed by atoms with Crippen molar-refractivity contribution in [1.29, 1.82) is 0 Å². The van der Waals surface area contributed by atoms with Crippen LogP contribution in [-0.2, 0) is 32.2 Å². The molecule has 4 rings (SSSR count). The van der Waals surface area contributed by atoms with Gasteiger partial charge in [0.15, 0.2) is 11.4 Å². The molecular weight excluding hydrogens is 552 g/mol. The van der Waals surface area contributed by atoms with Crippen molar-refractivity contribution < 1.29 is 24.2 Å². The van der Waals surface area contributed by atoms with E-state index in [4.69, 9.17) is 9.47 Å². The van der Waals surface area contributed by atoms with Gasteiger partial charge in [-0.05, 0) is 35.6 Å². The molecule has 42 heavy (non-hydrogen) atoms. The molecule has 10 heteroatoms. The van der Waals surface area contributed by atoms with Crippen LogP contribution in [-0.4, -0.2) is 45.3 Å². The number of carbonyl (C=O) groups is 2. The highest BCUT2D eigenvalue weighted by Gasteiger charge is 2.38. The topological polar surface area (TPSA) is 123 Å². The van der Waals surface area contributed by atoms with Crippen LogP contribution >= 0.6 is 11.8 Å². The van der Waals surface area contributed by atoms with E-state index in [1.165, 1.54) is 6.92 Å². The lowest BCUT2D eigenvalue weighted by Gasteiger charge is -2.41. The van der Waals surface area contributed by atoms with Gasteiger partial charge < -0.3 is 25.2 Å². The molecule has 9 nitrogen and oxygen atoms in total. The summed E-state index contributed by atoms with van der Waals surface area (Å²) in [5, 5.41) is 15.9. The first kappa shape index (κ1) is 31.6. The number of nitrogens with one attached hydrogen (secondary N) is 2. The quantitative estimate of drug-likeness (QED) is 0.138. The summed E-state index contributed by atoms with van der Waals surface area (Å²) in [7, 11) is 0. The maximum atomic E-state index is 12.3. The third-order valence-electron chi connectivity index (χ3n) is 7.24. The van der Waals surface area contributed by atoms with Gasteiger partial charge in [0, 0.05) is 56.1 Å². The molecule has 4 atom stereocenters. The van der Waals surface area contributed by atoms with Crippen molar-refractivity contribution >= 4 is 23.6 Å². The van der Waals surface area contributed by atoms with E-state index in [1.54, 1.807) is 30.2 Å². The van der Waals surface area contributed by atoms with Gasteiger partial charge in [-0.15, -0.1) is 0 Å². The summed E-state index contributed by atoms with van der Waals surface area (Å²) < 4.78 is 13.0. The monoisotopic (exact) mass is 592 g/mol. The van der Waals surface area contributed by atoms with E-state index in [0.717, 1.165) is 41.5 Å². The number of aromatic nitrogens is 2. The highest BCUT2D eigenvalue weighted by molar-refractivity contribution is 7.99. The highest BCUT2D eigenvalue weighted by atomic mass is 32.2. The van der Waals surface area contributed by atoms with Gasteiger partial charge in [-0.1, -0.05) is 73.6 Å². The minimum absolute atomic E-state index is 0.00380. The van der Waals surface area contributed by atoms with Crippen molar-refractivity contribution in [2.75, 3.05) is 12.3 Å². The van der Waals surface area contributed by atoms with Gasteiger partial charge in [0.05, 0.1) is 18.8 Å². The molecule has 0 bridgehead atoms. The molecular formula is C32H40N4O5S. The zero-order valence-corrected chi connectivity index (χ0v) is 25.0. The Morgan fingerprint density at radius 1 is 0.905 bits per heavy atom. The molecule has 1 aromatic heterocycles. The van der Waals surface area contributed by atoms with Crippen LogP contribution < -0.4 is 10.6 Å². The van der Waals surface area contributed by atoms with Crippen LogP contribution in [0.5, 0.6) is 0 Å². The number of unbranched alkanes of at least 4 members (excludes halogenated alkanes) is 2. The first-order valence-corrected chi connectivity index (χ1v) is 15.4. The van der Waals surface area contributed by atoms with Crippen LogP contribution in [0.2, 0.25) is 0 Å². The predicted molar refractivity (Wildman–Crippen MR) is 161 cm³/mol. The molecule has 224 valence electrons. The first-order valence-electron chi connectivity index (χ1n) is 14.4. The molecule has 4 unspecified atom stereocenters. The Balaban J connectivity index is 1.35. The lowest BCUT2D eigenvalue weighted by molar-refractivity contribution is -0.268. The van der Waals surface area contributed by atoms with Crippen molar-refractivity contribution in [1.82, 2.24) is 20.6 Å². The number of carbonyl (C=O) groups excluding carboxylic acids is 2. The maximum absolute atomic E-state index is 12.3. The van der Waals surface area contributed by atoms with Crippen molar-refractivity contribution in [3.63, 3.8) is 0 Å². The number of amides is 2. The van der Waals surface area contributed by atoms with Gasteiger partial charge in [0.25, 0.3) is 0 Å². The lowest BCUT2D eigenvalue weighted by atomic mass is 9.91. The SMILES string of the molecule is CC(=O)NCCCCCC(=O)NCc1ccc(C2OC(CSc3ncccn3)C(C)C(c3ccc(CO)cc3)O2)cc1. The van der Waals surface area contributed by atoms with Gasteiger partial charge in [-0.25, -0.2) is 9.97 Å². The van der Waals surface area contributed by atoms with E-state index in [-0.39, 0.29) is 36.5 Å². The highest BCUT2D eigenvalue weighted by Crippen LogP contribution is 2.42. The number of aliphatic hydroxyl groups is 1. The molecule has 2 amide bonds. The van der Waals surface area contributed by atoms with Crippen molar-refractivity contribution in [2.45, 2.75) is 76.3 Å². The maximum Gasteiger partial charge on any atom is 0.220 e. The molecule has 0 radical (unpaired) electrons. The van der Waals surface area contributed by atoms with E-state index in [2.05, 4.69) is 27.5 Å². The zero-order valence-electron chi connectivity index (χ0n) is 24.2. The Bertz CT molecular complexity index is 1260. The largest absolute Gasteiger partial charge is 0.392 e. The smallest absolute Gasteiger partial charge is 0.220 e. The van der Waals surface area contributed by atoms with Crippen LogP contribution in [0.25, 0.3) is 0 Å². The van der Waals surface area contributed by atoms with Crippen molar-refractivity contribution in [3.05, 3.63) is 89.2 Å². The Morgan fingerprint density at radius 2 is 1.60 bits per heavy atom. The average molecular weight is 593 g/mol. The molecule has 1 aliphatic rings. The van der Waals surface area contributed by atoms with Gasteiger partial charge in [-0.3, -0.25) is 9.59 Å². The standard InChI is InChI=1S/C32H40N4O5S/c1-22-28(21-42-32-34-17-6-18-35-32)40-31(41-30(22)26-12-10-25(20-37)11-13-26)27-14-8-24(9-15-27)19-36-29(39)7-4-3-5-16-33-23(2)38/h6,8-15,17-18,22,28,30-31,37H,3-5,7,16,19-21H2,1-2H3,(H,33,38)(H,36,39). The summed E-state index contributed by atoms with van der Waals surface area (Å²) in [6.45, 7) is 4.73. The van der Waals surface area contributed by atoms with Crippen LogP contribution in [0, 0.1) is 5.92 Å². The fourth-order valence-electron chi connectivity index (χ4n) is 4.76. The van der Waals surface area contributed by atoms with Crippen molar-refractivity contribution in [2.24, 2.45) is 5.92 Å². The second kappa shape index (κ2) is 16.4. The molecule has 2 aromatic carbocycles. The molecule has 3 aromatic rings. The number of rotatable bonds is 14. The minimum atomic E-state index is -0.563. The molecule has 1 aliphatic heterocycles. The number of thioether (sulfide) groups is 1. The molecule has 0 saturated carbocycles. The third-order valence-corrected chi connectivity index (χ3v) is 8.20. The van der Waals surface area contributed by atoms with Crippen molar-refractivity contribution in [3.8, 4) is 0 Å². The normalized spacial score (nSPS) is 20.2. The molecule has 3 N–H and O–H groups in total. The summed E-state index contributed by atoms with van der Waals surface area (Å²) in [5.41, 5.74) is 3.78.